The number of nitro groups is 1. The van der Waals surface area contributed by atoms with Gasteiger partial charge in [-0.1, -0.05) is 0 Å². The number of nitrogens with one attached hydrogen (secondary N) is 1. The number of carbonyl (C=O) groups is 1. The predicted molar refractivity (Wildman–Crippen MR) is 78.7 cm³/mol. The zero-order valence-corrected chi connectivity index (χ0v) is 12.7. The number of hydrogen-bond donors (Lipinski definition) is 1. The maximum Gasteiger partial charge on any atom is 0.416 e. The summed E-state index contributed by atoms with van der Waals surface area (Å²) >= 11 is 0. The Labute approximate surface area is 134 Å². The molecule has 0 aliphatic rings. The van der Waals surface area contributed by atoms with Gasteiger partial charge in [-0.15, -0.1) is 0 Å². The summed E-state index contributed by atoms with van der Waals surface area (Å²) in [7, 11) is 0. The van der Waals surface area contributed by atoms with Gasteiger partial charge in [0.1, 0.15) is 5.56 Å². The molecule has 0 radical (unpaired) electrons. The van der Waals surface area contributed by atoms with Crippen molar-refractivity contribution in [2.75, 3.05) is 5.32 Å². The number of hydrogen-bond acceptors (Lipinski definition) is 4. The Hall–Kier alpha value is -2.91. The summed E-state index contributed by atoms with van der Waals surface area (Å²) in [6.45, 7) is 3.72. The molecule has 1 heterocycles. The second-order valence-electron chi connectivity index (χ2n) is 5.22. The predicted octanol–water partition coefficient (Wildman–Crippen LogP) is 3.64. The van der Waals surface area contributed by atoms with Gasteiger partial charge in [-0.2, -0.15) is 18.3 Å². The SMILES string of the molecule is CC(C)n1ccc(NC(=O)c2ccc(C(F)(F)F)cc2[N+](=O)[O-])n1. The molecule has 10 heteroatoms. The number of alkyl halides is 3. The molecule has 128 valence electrons. The van der Waals surface area contributed by atoms with Crippen LogP contribution in [0.1, 0.15) is 35.8 Å². The van der Waals surface area contributed by atoms with Crippen molar-refractivity contribution in [3.8, 4) is 0 Å². The molecular weight excluding hydrogens is 329 g/mol. The molecule has 0 fully saturated rings. The van der Waals surface area contributed by atoms with Crippen LogP contribution in [0.3, 0.4) is 0 Å². The second kappa shape index (κ2) is 6.30. The number of carbonyl (C=O) groups excluding carboxylic acids is 1. The molecule has 7 nitrogen and oxygen atoms in total. The van der Waals surface area contributed by atoms with Gasteiger partial charge in [-0.3, -0.25) is 19.6 Å². The molecule has 1 N–H and O–H groups in total. The Balaban J connectivity index is 2.32. The van der Waals surface area contributed by atoms with Gasteiger partial charge in [-0.05, 0) is 26.0 Å². The molecule has 0 aliphatic heterocycles. The first-order valence-electron chi connectivity index (χ1n) is 6.81. The largest absolute Gasteiger partial charge is 0.416 e. The van der Waals surface area contributed by atoms with Gasteiger partial charge in [-0.25, -0.2) is 0 Å². The van der Waals surface area contributed by atoms with Gasteiger partial charge in [0.05, 0.1) is 10.5 Å². The van der Waals surface area contributed by atoms with Crippen LogP contribution in [0.2, 0.25) is 0 Å². The van der Waals surface area contributed by atoms with Crippen molar-refractivity contribution in [3.05, 3.63) is 51.7 Å². The molecule has 0 saturated heterocycles. The van der Waals surface area contributed by atoms with Crippen molar-refractivity contribution >= 4 is 17.4 Å². The molecule has 0 spiro atoms. The van der Waals surface area contributed by atoms with E-state index in [0.29, 0.717) is 12.1 Å². The van der Waals surface area contributed by atoms with E-state index in [0.717, 1.165) is 6.07 Å². The van der Waals surface area contributed by atoms with E-state index in [4.69, 9.17) is 0 Å². The minimum absolute atomic E-state index is 0.0380. The summed E-state index contributed by atoms with van der Waals surface area (Å²) in [5.41, 5.74) is -2.60. The minimum atomic E-state index is -4.74. The summed E-state index contributed by atoms with van der Waals surface area (Å²) in [5.74, 6) is -0.771. The van der Waals surface area contributed by atoms with Crippen LogP contribution in [0.5, 0.6) is 0 Å². The molecule has 0 bridgehead atoms. The standard InChI is InChI=1S/C14H13F3N4O3/c1-8(2)20-6-5-12(19-20)18-13(22)10-4-3-9(14(15,16)17)7-11(10)21(23)24/h3-8H,1-2H3,(H,18,19,22). The van der Waals surface area contributed by atoms with Crippen LogP contribution in [0.4, 0.5) is 24.7 Å². The monoisotopic (exact) mass is 342 g/mol. The number of nitro benzene ring substituents is 1. The molecule has 1 aromatic carbocycles. The van der Waals surface area contributed by atoms with E-state index in [1.165, 1.54) is 6.07 Å². The highest BCUT2D eigenvalue weighted by molar-refractivity contribution is 6.06. The highest BCUT2D eigenvalue weighted by Crippen LogP contribution is 2.33. The van der Waals surface area contributed by atoms with Gasteiger partial charge >= 0.3 is 6.18 Å². The number of benzene rings is 1. The number of anilines is 1. The first-order valence-corrected chi connectivity index (χ1v) is 6.81. The van der Waals surface area contributed by atoms with Crippen molar-refractivity contribution in [2.24, 2.45) is 0 Å². The molecule has 1 amide bonds. The van der Waals surface area contributed by atoms with Crippen molar-refractivity contribution in [1.29, 1.82) is 0 Å². The van der Waals surface area contributed by atoms with Crippen LogP contribution in [-0.2, 0) is 6.18 Å². The first kappa shape index (κ1) is 17.4. The average Bonchev–Trinajstić information content (AvgIpc) is 2.94. The Morgan fingerprint density at radius 3 is 2.50 bits per heavy atom. The summed E-state index contributed by atoms with van der Waals surface area (Å²) < 4.78 is 39.5. The van der Waals surface area contributed by atoms with Crippen LogP contribution < -0.4 is 5.32 Å². The molecule has 0 saturated carbocycles. The molecule has 2 rings (SSSR count). The number of aromatic nitrogens is 2. The van der Waals surface area contributed by atoms with E-state index in [-0.39, 0.29) is 11.9 Å². The number of halogens is 3. The smallest absolute Gasteiger partial charge is 0.305 e. The highest BCUT2D eigenvalue weighted by Gasteiger charge is 2.34. The zero-order chi connectivity index (χ0) is 18.1. The van der Waals surface area contributed by atoms with Crippen LogP contribution in [0.25, 0.3) is 0 Å². The Bertz CT molecular complexity index is 784. The van der Waals surface area contributed by atoms with Crippen LogP contribution in [0, 0.1) is 10.1 Å². The lowest BCUT2D eigenvalue weighted by molar-refractivity contribution is -0.385. The van der Waals surface area contributed by atoms with E-state index in [1.54, 1.807) is 10.9 Å². The Kier molecular flexibility index (Phi) is 4.58. The van der Waals surface area contributed by atoms with Crippen LogP contribution in [0.15, 0.2) is 30.5 Å². The zero-order valence-electron chi connectivity index (χ0n) is 12.7. The molecule has 0 unspecified atom stereocenters. The molecular formula is C14H13F3N4O3. The lowest BCUT2D eigenvalue weighted by Crippen LogP contribution is -2.16. The fraction of sp³-hybridized carbons (Fsp3) is 0.286. The second-order valence-corrected chi connectivity index (χ2v) is 5.22. The van der Waals surface area contributed by atoms with Crippen molar-refractivity contribution < 1.29 is 22.9 Å². The third-order valence-corrected chi connectivity index (χ3v) is 3.15. The normalized spacial score (nSPS) is 11.6. The highest BCUT2D eigenvalue weighted by atomic mass is 19.4. The van der Waals surface area contributed by atoms with Gasteiger partial charge in [0.25, 0.3) is 11.6 Å². The van der Waals surface area contributed by atoms with Crippen molar-refractivity contribution in [3.63, 3.8) is 0 Å². The summed E-state index contributed by atoms with van der Waals surface area (Å²) in [5, 5.41) is 17.4. The van der Waals surface area contributed by atoms with Crippen LogP contribution >= 0.6 is 0 Å². The Morgan fingerprint density at radius 2 is 2.00 bits per heavy atom. The third-order valence-electron chi connectivity index (χ3n) is 3.15. The van der Waals surface area contributed by atoms with E-state index in [1.807, 2.05) is 13.8 Å². The maximum absolute atomic E-state index is 12.7. The number of nitrogens with zero attached hydrogens (tertiary/aromatic N) is 3. The molecule has 24 heavy (non-hydrogen) atoms. The van der Waals surface area contributed by atoms with Gasteiger partial charge in [0, 0.05) is 24.4 Å². The fourth-order valence-electron chi connectivity index (χ4n) is 1.93. The average molecular weight is 342 g/mol. The van der Waals surface area contributed by atoms with E-state index < -0.39 is 33.8 Å². The number of rotatable bonds is 4. The van der Waals surface area contributed by atoms with Gasteiger partial charge < -0.3 is 5.32 Å². The molecule has 0 aliphatic carbocycles. The minimum Gasteiger partial charge on any atom is -0.305 e. The summed E-state index contributed by atoms with van der Waals surface area (Å²) in [6, 6.07) is 3.25. The van der Waals surface area contributed by atoms with E-state index in [2.05, 4.69) is 10.4 Å². The van der Waals surface area contributed by atoms with E-state index >= 15 is 0 Å². The third kappa shape index (κ3) is 3.70. The van der Waals surface area contributed by atoms with Gasteiger partial charge in [0.2, 0.25) is 0 Å². The fourth-order valence-corrected chi connectivity index (χ4v) is 1.93. The summed E-state index contributed by atoms with van der Waals surface area (Å²) in [4.78, 5) is 22.1. The van der Waals surface area contributed by atoms with Crippen molar-refractivity contribution in [1.82, 2.24) is 9.78 Å². The quantitative estimate of drug-likeness (QED) is 0.678. The lowest BCUT2D eigenvalue weighted by Gasteiger charge is -2.09. The van der Waals surface area contributed by atoms with Gasteiger partial charge in [0.15, 0.2) is 5.82 Å². The molecule has 1 aromatic heterocycles. The summed E-state index contributed by atoms with van der Waals surface area (Å²) in [6.07, 6.45) is -3.14. The van der Waals surface area contributed by atoms with E-state index in [9.17, 15) is 28.1 Å². The first-order chi connectivity index (χ1) is 11.1. The topological polar surface area (TPSA) is 90.1 Å². The molecule has 0 atom stereocenters. The maximum atomic E-state index is 12.7. The Morgan fingerprint density at radius 1 is 1.33 bits per heavy atom. The van der Waals surface area contributed by atoms with Crippen molar-refractivity contribution in [2.45, 2.75) is 26.1 Å². The molecule has 2 aromatic rings. The van der Waals surface area contributed by atoms with Crippen LogP contribution in [-0.4, -0.2) is 20.6 Å². The lowest BCUT2D eigenvalue weighted by atomic mass is 10.1. The number of amides is 1.